The Morgan fingerprint density at radius 1 is 1.33 bits per heavy atom. The average Bonchev–Trinajstić information content (AvgIpc) is 2.65. The van der Waals surface area contributed by atoms with Crippen molar-refractivity contribution in [2.45, 2.75) is 58.7 Å². The SMILES string of the molecule is CCNC(=NCC(O)COc1cccc(C)c1)NC1CCN(C(C)C)CC1. The van der Waals surface area contributed by atoms with Gasteiger partial charge in [0.1, 0.15) is 18.5 Å². The molecule has 152 valence electrons. The van der Waals surface area contributed by atoms with Gasteiger partial charge in [0.15, 0.2) is 5.96 Å². The van der Waals surface area contributed by atoms with Gasteiger partial charge in [0, 0.05) is 31.7 Å². The van der Waals surface area contributed by atoms with E-state index in [1.54, 1.807) is 0 Å². The number of ether oxygens (including phenoxy) is 1. The highest BCUT2D eigenvalue weighted by atomic mass is 16.5. The fourth-order valence-corrected chi connectivity index (χ4v) is 3.22. The quantitative estimate of drug-likeness (QED) is 0.479. The van der Waals surface area contributed by atoms with Gasteiger partial charge in [-0.25, -0.2) is 0 Å². The number of aliphatic imine (C=N–C) groups is 1. The van der Waals surface area contributed by atoms with E-state index >= 15 is 0 Å². The summed E-state index contributed by atoms with van der Waals surface area (Å²) in [5.41, 5.74) is 1.14. The molecule has 0 saturated carbocycles. The van der Waals surface area contributed by atoms with Gasteiger partial charge in [-0.3, -0.25) is 4.99 Å². The van der Waals surface area contributed by atoms with Crippen molar-refractivity contribution in [3.05, 3.63) is 29.8 Å². The lowest BCUT2D eigenvalue weighted by Gasteiger charge is -2.35. The molecule has 3 N–H and O–H groups in total. The largest absolute Gasteiger partial charge is 0.491 e. The normalized spacial score (nSPS) is 17.8. The summed E-state index contributed by atoms with van der Waals surface area (Å²) in [6.07, 6.45) is 1.59. The molecule has 1 saturated heterocycles. The van der Waals surface area contributed by atoms with Gasteiger partial charge in [-0.15, -0.1) is 0 Å². The van der Waals surface area contributed by atoms with Crippen LogP contribution in [0.4, 0.5) is 0 Å². The number of piperidine rings is 1. The van der Waals surface area contributed by atoms with Crippen LogP contribution in [-0.4, -0.2) is 66.9 Å². The average molecular weight is 377 g/mol. The van der Waals surface area contributed by atoms with Crippen LogP contribution in [0.1, 0.15) is 39.2 Å². The zero-order valence-corrected chi connectivity index (χ0v) is 17.2. The third kappa shape index (κ3) is 7.77. The summed E-state index contributed by atoms with van der Waals surface area (Å²) in [5, 5.41) is 17.0. The molecule has 0 amide bonds. The zero-order chi connectivity index (χ0) is 19.6. The van der Waals surface area contributed by atoms with Crippen molar-refractivity contribution < 1.29 is 9.84 Å². The summed E-state index contributed by atoms with van der Waals surface area (Å²) in [6.45, 7) is 12.1. The van der Waals surface area contributed by atoms with Gasteiger partial charge in [-0.1, -0.05) is 12.1 Å². The summed E-state index contributed by atoms with van der Waals surface area (Å²) in [6, 6.07) is 8.87. The maximum atomic E-state index is 10.2. The second-order valence-electron chi connectivity index (χ2n) is 7.55. The highest BCUT2D eigenvalue weighted by Crippen LogP contribution is 2.13. The molecule has 2 rings (SSSR count). The minimum Gasteiger partial charge on any atom is -0.491 e. The second-order valence-corrected chi connectivity index (χ2v) is 7.55. The van der Waals surface area contributed by atoms with Crippen molar-refractivity contribution in [2.24, 2.45) is 4.99 Å². The van der Waals surface area contributed by atoms with Crippen molar-refractivity contribution in [3.63, 3.8) is 0 Å². The number of rotatable bonds is 8. The number of hydrogen-bond donors (Lipinski definition) is 3. The molecule has 0 aromatic heterocycles. The summed E-state index contributed by atoms with van der Waals surface area (Å²) in [4.78, 5) is 7.05. The minimum absolute atomic E-state index is 0.235. The Labute approximate surface area is 164 Å². The van der Waals surface area contributed by atoms with Gasteiger partial charge >= 0.3 is 0 Å². The number of nitrogens with one attached hydrogen (secondary N) is 2. The number of aliphatic hydroxyl groups excluding tert-OH is 1. The topological polar surface area (TPSA) is 69.1 Å². The lowest BCUT2D eigenvalue weighted by molar-refractivity contribution is 0.114. The van der Waals surface area contributed by atoms with Crippen molar-refractivity contribution in [1.29, 1.82) is 0 Å². The molecule has 0 radical (unpaired) electrons. The molecule has 27 heavy (non-hydrogen) atoms. The zero-order valence-electron chi connectivity index (χ0n) is 17.2. The van der Waals surface area contributed by atoms with Crippen molar-refractivity contribution in [3.8, 4) is 5.75 Å². The fourth-order valence-electron chi connectivity index (χ4n) is 3.22. The van der Waals surface area contributed by atoms with Crippen LogP contribution in [-0.2, 0) is 0 Å². The summed E-state index contributed by atoms with van der Waals surface area (Å²) in [7, 11) is 0. The summed E-state index contributed by atoms with van der Waals surface area (Å²) < 4.78 is 5.66. The predicted molar refractivity (Wildman–Crippen MR) is 112 cm³/mol. The Morgan fingerprint density at radius 3 is 2.70 bits per heavy atom. The van der Waals surface area contributed by atoms with E-state index < -0.39 is 6.10 Å². The van der Waals surface area contributed by atoms with Crippen LogP contribution >= 0.6 is 0 Å². The van der Waals surface area contributed by atoms with Crippen LogP contribution in [0, 0.1) is 6.92 Å². The van der Waals surface area contributed by atoms with E-state index in [-0.39, 0.29) is 6.61 Å². The molecule has 6 nitrogen and oxygen atoms in total. The first-order valence-corrected chi connectivity index (χ1v) is 10.1. The van der Waals surface area contributed by atoms with E-state index in [1.165, 1.54) is 0 Å². The molecular weight excluding hydrogens is 340 g/mol. The third-order valence-corrected chi connectivity index (χ3v) is 4.84. The van der Waals surface area contributed by atoms with Crippen LogP contribution in [0.2, 0.25) is 0 Å². The van der Waals surface area contributed by atoms with Gasteiger partial charge in [-0.05, 0) is 58.2 Å². The molecule has 1 aromatic rings. The maximum absolute atomic E-state index is 10.2. The number of aliphatic hydroxyl groups is 1. The molecule has 1 atom stereocenters. The van der Waals surface area contributed by atoms with E-state index in [0.717, 1.165) is 49.7 Å². The van der Waals surface area contributed by atoms with E-state index in [9.17, 15) is 5.11 Å². The van der Waals surface area contributed by atoms with Crippen LogP contribution in [0.15, 0.2) is 29.3 Å². The van der Waals surface area contributed by atoms with E-state index in [1.807, 2.05) is 31.2 Å². The molecule has 1 heterocycles. The van der Waals surface area contributed by atoms with Crippen molar-refractivity contribution >= 4 is 5.96 Å². The first kappa shape index (κ1) is 21.5. The Bertz CT molecular complexity index is 583. The molecule has 1 aromatic carbocycles. The van der Waals surface area contributed by atoms with Gasteiger partial charge < -0.3 is 25.4 Å². The van der Waals surface area contributed by atoms with E-state index in [4.69, 9.17) is 4.74 Å². The first-order valence-electron chi connectivity index (χ1n) is 10.1. The summed E-state index contributed by atoms with van der Waals surface area (Å²) >= 11 is 0. The Kier molecular flexibility index (Phi) is 8.88. The Hall–Kier alpha value is -1.79. The van der Waals surface area contributed by atoms with Gasteiger partial charge in [0.2, 0.25) is 0 Å². The van der Waals surface area contributed by atoms with Gasteiger partial charge in [0.05, 0.1) is 6.54 Å². The lowest BCUT2D eigenvalue weighted by atomic mass is 10.0. The van der Waals surface area contributed by atoms with Gasteiger partial charge in [0.25, 0.3) is 0 Å². The molecule has 1 aliphatic rings. The second kappa shape index (κ2) is 11.1. The molecular formula is C21H36N4O2. The number of benzene rings is 1. The van der Waals surface area contributed by atoms with Crippen LogP contribution in [0.25, 0.3) is 0 Å². The monoisotopic (exact) mass is 376 g/mol. The molecule has 0 aliphatic carbocycles. The van der Waals surface area contributed by atoms with Crippen LogP contribution in [0.5, 0.6) is 5.75 Å². The number of hydrogen-bond acceptors (Lipinski definition) is 4. The molecule has 0 bridgehead atoms. The van der Waals surface area contributed by atoms with Crippen molar-refractivity contribution in [1.82, 2.24) is 15.5 Å². The number of aryl methyl sites for hydroxylation is 1. The fraction of sp³-hybridized carbons (Fsp3) is 0.667. The maximum Gasteiger partial charge on any atom is 0.191 e. The van der Waals surface area contributed by atoms with Crippen molar-refractivity contribution in [2.75, 3.05) is 32.8 Å². The molecule has 6 heteroatoms. The number of nitrogens with zero attached hydrogens (tertiary/aromatic N) is 2. The van der Waals surface area contributed by atoms with Gasteiger partial charge in [-0.2, -0.15) is 0 Å². The van der Waals surface area contributed by atoms with E-state index in [0.29, 0.717) is 18.6 Å². The Morgan fingerprint density at radius 2 is 2.07 bits per heavy atom. The standard InChI is InChI=1S/C21H36N4O2/c1-5-22-21(24-18-9-11-25(12-10-18)16(2)3)23-14-19(26)15-27-20-8-6-7-17(4)13-20/h6-8,13,16,18-19,26H,5,9-12,14-15H2,1-4H3,(H2,22,23,24). The number of likely N-dealkylation sites (tertiary alicyclic amines) is 1. The Balaban J connectivity index is 1.78. The van der Waals surface area contributed by atoms with E-state index in [2.05, 4.69) is 41.3 Å². The molecule has 1 unspecified atom stereocenters. The molecule has 0 spiro atoms. The first-order chi connectivity index (χ1) is 13.0. The third-order valence-electron chi connectivity index (χ3n) is 4.84. The lowest BCUT2D eigenvalue weighted by Crippen LogP contribution is -2.50. The molecule has 1 aliphatic heterocycles. The summed E-state index contributed by atoms with van der Waals surface area (Å²) in [5.74, 6) is 1.55. The highest BCUT2D eigenvalue weighted by Gasteiger charge is 2.21. The van der Waals surface area contributed by atoms with Crippen LogP contribution < -0.4 is 15.4 Å². The molecule has 1 fully saturated rings. The highest BCUT2D eigenvalue weighted by molar-refractivity contribution is 5.80. The smallest absolute Gasteiger partial charge is 0.191 e. The van der Waals surface area contributed by atoms with Crippen LogP contribution in [0.3, 0.4) is 0 Å². The number of guanidine groups is 1. The minimum atomic E-state index is -0.635. The predicted octanol–water partition coefficient (Wildman–Crippen LogP) is 2.16.